The monoisotopic (exact) mass is 297 g/mol. The molecule has 0 fully saturated rings. The maximum Gasteiger partial charge on any atom is 0.0731 e. The van der Waals surface area contributed by atoms with Gasteiger partial charge in [0.05, 0.1) is 3.79 Å². The van der Waals surface area contributed by atoms with Crippen molar-refractivity contribution >= 4 is 39.7 Å². The van der Waals surface area contributed by atoms with Crippen LogP contribution in [0.2, 0.25) is 0 Å². The van der Waals surface area contributed by atoms with Gasteiger partial charge in [-0.3, -0.25) is 0 Å². The van der Waals surface area contributed by atoms with Crippen LogP contribution in [0.5, 0.6) is 0 Å². The van der Waals surface area contributed by atoms with E-state index in [1.54, 1.807) is 11.3 Å². The molecule has 0 radical (unpaired) electrons. The second-order valence-electron chi connectivity index (χ2n) is 3.35. The van der Waals surface area contributed by atoms with Crippen molar-refractivity contribution in [1.29, 1.82) is 0 Å². The maximum absolute atomic E-state index is 6.05. The van der Waals surface area contributed by atoms with Gasteiger partial charge in [0.1, 0.15) is 0 Å². The highest BCUT2D eigenvalue weighted by molar-refractivity contribution is 9.11. The van der Waals surface area contributed by atoms with E-state index in [1.807, 2.05) is 0 Å². The average Bonchev–Trinajstić information content (AvgIpc) is 2.43. The van der Waals surface area contributed by atoms with Gasteiger partial charge < -0.3 is 5.73 Å². The molecule has 0 aromatic carbocycles. The minimum Gasteiger partial charge on any atom is -0.323 e. The van der Waals surface area contributed by atoms with Gasteiger partial charge >= 0.3 is 0 Å². The number of halogens is 2. The van der Waals surface area contributed by atoms with Gasteiger partial charge in [-0.15, -0.1) is 23.7 Å². The quantitative estimate of drug-likeness (QED) is 0.874. The second kappa shape index (κ2) is 6.83. The number of aryl methyl sites for hydroxylation is 1. The largest absolute Gasteiger partial charge is 0.323 e. The fraction of sp³-hybridized carbons (Fsp3) is 0.600. The number of thiophene rings is 1. The van der Waals surface area contributed by atoms with Crippen LogP contribution in [0, 0.1) is 6.92 Å². The lowest BCUT2D eigenvalue weighted by molar-refractivity contribution is 0.611. The summed E-state index contributed by atoms with van der Waals surface area (Å²) in [5, 5.41) is 0. The van der Waals surface area contributed by atoms with Gasteiger partial charge in [0, 0.05) is 10.9 Å². The third-order valence-electron chi connectivity index (χ3n) is 2.11. The molecular weight excluding hydrogens is 282 g/mol. The molecule has 2 N–H and O–H groups in total. The topological polar surface area (TPSA) is 26.0 Å². The van der Waals surface area contributed by atoms with E-state index in [1.165, 1.54) is 27.1 Å². The molecule has 0 unspecified atom stereocenters. The normalized spacial score (nSPS) is 12.3. The van der Waals surface area contributed by atoms with Crippen LogP contribution in [0.4, 0.5) is 0 Å². The van der Waals surface area contributed by atoms with Crippen LogP contribution in [0.25, 0.3) is 0 Å². The SMILES string of the molecule is CCCC[C@H](N)c1cc(C)c(Br)s1.Cl. The van der Waals surface area contributed by atoms with Crippen LogP contribution >= 0.6 is 39.7 Å². The van der Waals surface area contributed by atoms with Crippen molar-refractivity contribution in [2.45, 2.75) is 39.2 Å². The summed E-state index contributed by atoms with van der Waals surface area (Å²) in [6.07, 6.45) is 3.54. The van der Waals surface area contributed by atoms with Crippen molar-refractivity contribution in [3.05, 3.63) is 20.3 Å². The van der Waals surface area contributed by atoms with Gasteiger partial charge in [-0.05, 0) is 40.9 Å². The van der Waals surface area contributed by atoms with Crippen molar-refractivity contribution in [3.63, 3.8) is 0 Å². The van der Waals surface area contributed by atoms with Crippen LogP contribution in [0.1, 0.15) is 42.7 Å². The lowest BCUT2D eigenvalue weighted by Gasteiger charge is -2.07. The molecule has 1 heterocycles. The smallest absolute Gasteiger partial charge is 0.0731 e. The molecule has 0 amide bonds. The van der Waals surface area contributed by atoms with Crippen LogP contribution < -0.4 is 5.73 Å². The Morgan fingerprint density at radius 2 is 2.21 bits per heavy atom. The van der Waals surface area contributed by atoms with Crippen LogP contribution in [0.3, 0.4) is 0 Å². The molecule has 1 aromatic rings. The van der Waals surface area contributed by atoms with Gasteiger partial charge in [-0.2, -0.15) is 0 Å². The number of hydrogen-bond acceptors (Lipinski definition) is 2. The van der Waals surface area contributed by atoms with E-state index in [0.717, 1.165) is 6.42 Å². The summed E-state index contributed by atoms with van der Waals surface area (Å²) < 4.78 is 1.22. The van der Waals surface area contributed by atoms with Gasteiger partial charge in [-0.1, -0.05) is 19.8 Å². The second-order valence-corrected chi connectivity index (χ2v) is 5.76. The molecule has 1 aromatic heterocycles. The zero-order chi connectivity index (χ0) is 9.84. The Labute approximate surface area is 105 Å². The lowest BCUT2D eigenvalue weighted by Crippen LogP contribution is -2.07. The van der Waals surface area contributed by atoms with E-state index in [9.17, 15) is 0 Å². The molecule has 0 saturated carbocycles. The average molecular weight is 299 g/mol. The first-order valence-electron chi connectivity index (χ1n) is 4.66. The Hall–Kier alpha value is 0.430. The molecule has 0 bridgehead atoms. The first kappa shape index (κ1) is 14.4. The summed E-state index contributed by atoms with van der Waals surface area (Å²) in [6.45, 7) is 4.30. The number of unbranched alkanes of at least 4 members (excludes halogenated alkanes) is 1. The van der Waals surface area contributed by atoms with E-state index >= 15 is 0 Å². The molecule has 0 aliphatic heterocycles. The Kier molecular flexibility index (Phi) is 7.04. The summed E-state index contributed by atoms with van der Waals surface area (Å²) in [6, 6.07) is 2.42. The van der Waals surface area contributed by atoms with Gasteiger partial charge in [0.25, 0.3) is 0 Å². The molecule has 0 spiro atoms. The minimum absolute atomic E-state index is 0. The summed E-state index contributed by atoms with van der Waals surface area (Å²) in [4.78, 5) is 1.30. The zero-order valence-electron chi connectivity index (χ0n) is 8.55. The Balaban J connectivity index is 0.00000169. The van der Waals surface area contributed by atoms with Crippen LogP contribution in [-0.2, 0) is 0 Å². The van der Waals surface area contributed by atoms with Crippen LogP contribution in [-0.4, -0.2) is 0 Å². The molecule has 82 valence electrons. The summed E-state index contributed by atoms with van der Waals surface area (Å²) in [5.74, 6) is 0. The standard InChI is InChI=1S/C10H16BrNS.ClH/c1-3-4-5-8(12)9-6-7(2)10(11)13-9;/h6,8H,3-5,12H2,1-2H3;1H/t8-;/m0./s1. The van der Waals surface area contributed by atoms with Gasteiger partial charge in [0.2, 0.25) is 0 Å². The van der Waals surface area contributed by atoms with Crippen molar-refractivity contribution in [1.82, 2.24) is 0 Å². The Bertz CT molecular complexity index is 256. The Morgan fingerprint density at radius 1 is 1.57 bits per heavy atom. The predicted molar refractivity (Wildman–Crippen MR) is 70.5 cm³/mol. The lowest BCUT2D eigenvalue weighted by atomic mass is 10.1. The summed E-state index contributed by atoms with van der Waals surface area (Å²) >= 11 is 5.28. The maximum atomic E-state index is 6.05. The molecule has 0 aliphatic rings. The van der Waals surface area contributed by atoms with Crippen molar-refractivity contribution in [2.75, 3.05) is 0 Å². The zero-order valence-corrected chi connectivity index (χ0v) is 11.8. The molecule has 0 aliphatic carbocycles. The highest BCUT2D eigenvalue weighted by atomic mass is 79.9. The molecular formula is C10H17BrClNS. The highest BCUT2D eigenvalue weighted by Gasteiger charge is 2.09. The molecule has 4 heteroatoms. The van der Waals surface area contributed by atoms with E-state index < -0.39 is 0 Å². The first-order valence-corrected chi connectivity index (χ1v) is 6.27. The summed E-state index contributed by atoms with van der Waals surface area (Å²) in [7, 11) is 0. The fourth-order valence-electron chi connectivity index (χ4n) is 1.23. The molecule has 14 heavy (non-hydrogen) atoms. The number of nitrogens with two attached hydrogens (primary N) is 1. The molecule has 1 atom stereocenters. The highest BCUT2D eigenvalue weighted by Crippen LogP contribution is 2.32. The number of rotatable bonds is 4. The van der Waals surface area contributed by atoms with Crippen molar-refractivity contribution < 1.29 is 0 Å². The molecule has 0 saturated heterocycles. The van der Waals surface area contributed by atoms with E-state index in [0.29, 0.717) is 0 Å². The Morgan fingerprint density at radius 3 is 2.64 bits per heavy atom. The fourth-order valence-corrected chi connectivity index (χ4v) is 2.84. The predicted octanol–water partition coefficient (Wildman–Crippen LogP) is 4.43. The minimum atomic E-state index is 0. The summed E-state index contributed by atoms with van der Waals surface area (Å²) in [5.41, 5.74) is 7.35. The van der Waals surface area contributed by atoms with Crippen molar-refractivity contribution in [2.24, 2.45) is 5.73 Å². The third kappa shape index (κ3) is 3.89. The van der Waals surface area contributed by atoms with Gasteiger partial charge in [0.15, 0.2) is 0 Å². The van der Waals surface area contributed by atoms with E-state index in [-0.39, 0.29) is 18.4 Å². The van der Waals surface area contributed by atoms with Crippen molar-refractivity contribution in [3.8, 4) is 0 Å². The van der Waals surface area contributed by atoms with E-state index in [4.69, 9.17) is 5.73 Å². The first-order chi connectivity index (χ1) is 6.15. The third-order valence-corrected chi connectivity index (χ3v) is 4.38. The van der Waals surface area contributed by atoms with Gasteiger partial charge in [-0.25, -0.2) is 0 Å². The van der Waals surface area contributed by atoms with E-state index in [2.05, 4.69) is 35.8 Å². The van der Waals surface area contributed by atoms with Crippen LogP contribution in [0.15, 0.2) is 9.85 Å². The molecule has 1 rings (SSSR count). The number of hydrogen-bond donors (Lipinski definition) is 1. The molecule has 1 nitrogen and oxygen atoms in total.